The number of hydrogen-bond donors (Lipinski definition) is 2. The average Bonchev–Trinajstić information content (AvgIpc) is 3.40. The van der Waals surface area contributed by atoms with Crippen molar-refractivity contribution in [2.45, 2.75) is 19.5 Å². The van der Waals surface area contributed by atoms with Crippen molar-refractivity contribution in [3.05, 3.63) is 60.2 Å². The summed E-state index contributed by atoms with van der Waals surface area (Å²) >= 11 is 0. The Morgan fingerprint density at radius 1 is 1.00 bits per heavy atom. The van der Waals surface area contributed by atoms with Crippen molar-refractivity contribution in [3.8, 4) is 0 Å². The average molecular weight is 310 g/mol. The van der Waals surface area contributed by atoms with E-state index in [-0.39, 0.29) is 23.7 Å². The van der Waals surface area contributed by atoms with E-state index in [1.807, 2.05) is 30.3 Å². The maximum atomic E-state index is 12.0. The van der Waals surface area contributed by atoms with Crippen molar-refractivity contribution in [2.75, 3.05) is 0 Å². The SMILES string of the molecule is O=C(NCc1cccnc1)C1CC1C(=O)NCc1ccccn1. The molecule has 2 unspecified atom stereocenters. The van der Waals surface area contributed by atoms with Crippen LogP contribution in [0, 0.1) is 11.8 Å². The third kappa shape index (κ3) is 4.12. The summed E-state index contributed by atoms with van der Waals surface area (Å²) in [6.07, 6.45) is 5.69. The van der Waals surface area contributed by atoms with E-state index in [1.54, 1.807) is 18.6 Å². The van der Waals surface area contributed by atoms with E-state index in [2.05, 4.69) is 20.6 Å². The van der Waals surface area contributed by atoms with Crippen LogP contribution in [-0.4, -0.2) is 21.8 Å². The maximum absolute atomic E-state index is 12.0. The molecule has 1 aliphatic carbocycles. The van der Waals surface area contributed by atoms with Gasteiger partial charge in [0, 0.05) is 25.1 Å². The molecular weight excluding hydrogens is 292 g/mol. The van der Waals surface area contributed by atoms with Crippen LogP contribution in [-0.2, 0) is 22.7 Å². The largest absolute Gasteiger partial charge is 0.352 e. The Morgan fingerprint density at radius 2 is 1.78 bits per heavy atom. The second-order valence-corrected chi connectivity index (χ2v) is 5.57. The molecule has 23 heavy (non-hydrogen) atoms. The van der Waals surface area contributed by atoms with Gasteiger partial charge in [-0.1, -0.05) is 12.1 Å². The standard InChI is InChI=1S/C17H18N4O2/c22-16(20-10-12-4-3-6-18-9-12)14-8-15(14)17(23)21-11-13-5-1-2-7-19-13/h1-7,9,14-15H,8,10-11H2,(H,20,22)(H,21,23). The van der Waals surface area contributed by atoms with Crippen LogP contribution in [0.2, 0.25) is 0 Å². The van der Waals surface area contributed by atoms with Crippen LogP contribution in [0.4, 0.5) is 0 Å². The topological polar surface area (TPSA) is 84.0 Å². The minimum atomic E-state index is -0.229. The van der Waals surface area contributed by atoms with E-state index in [0.29, 0.717) is 19.5 Å². The van der Waals surface area contributed by atoms with Crippen molar-refractivity contribution < 1.29 is 9.59 Å². The van der Waals surface area contributed by atoms with Gasteiger partial charge in [-0.15, -0.1) is 0 Å². The number of amides is 2. The van der Waals surface area contributed by atoms with Gasteiger partial charge in [0.15, 0.2) is 0 Å². The van der Waals surface area contributed by atoms with Crippen molar-refractivity contribution in [3.63, 3.8) is 0 Å². The van der Waals surface area contributed by atoms with Crippen LogP contribution in [0.5, 0.6) is 0 Å². The molecule has 2 aromatic rings. The van der Waals surface area contributed by atoms with Gasteiger partial charge in [0.2, 0.25) is 11.8 Å². The minimum Gasteiger partial charge on any atom is -0.352 e. The molecule has 118 valence electrons. The molecule has 6 heteroatoms. The summed E-state index contributed by atoms with van der Waals surface area (Å²) in [6, 6.07) is 9.28. The van der Waals surface area contributed by atoms with E-state index in [1.165, 1.54) is 0 Å². The Hall–Kier alpha value is -2.76. The highest BCUT2D eigenvalue weighted by molar-refractivity contribution is 5.92. The molecule has 2 atom stereocenters. The van der Waals surface area contributed by atoms with Crippen molar-refractivity contribution in [2.24, 2.45) is 11.8 Å². The molecule has 0 aliphatic heterocycles. The number of pyridine rings is 2. The molecule has 2 amide bonds. The molecule has 3 rings (SSSR count). The lowest BCUT2D eigenvalue weighted by Gasteiger charge is -2.06. The Bertz CT molecular complexity index is 616. The first-order chi connectivity index (χ1) is 11.2. The minimum absolute atomic E-state index is 0.0770. The van der Waals surface area contributed by atoms with Gasteiger partial charge in [-0.25, -0.2) is 0 Å². The molecule has 0 radical (unpaired) electrons. The van der Waals surface area contributed by atoms with Crippen LogP contribution in [0.1, 0.15) is 17.7 Å². The van der Waals surface area contributed by atoms with Gasteiger partial charge in [-0.05, 0) is 30.2 Å². The summed E-state index contributed by atoms with van der Waals surface area (Å²) < 4.78 is 0. The number of carbonyl (C=O) groups is 2. The van der Waals surface area contributed by atoms with Crippen LogP contribution in [0.15, 0.2) is 48.9 Å². The highest BCUT2D eigenvalue weighted by atomic mass is 16.2. The van der Waals surface area contributed by atoms with Crippen LogP contribution < -0.4 is 10.6 Å². The number of nitrogens with zero attached hydrogens (tertiary/aromatic N) is 2. The molecular formula is C17H18N4O2. The Labute approximate surface area is 134 Å². The first-order valence-electron chi connectivity index (χ1n) is 7.58. The molecule has 2 N–H and O–H groups in total. The number of aromatic nitrogens is 2. The fraction of sp³-hybridized carbons (Fsp3) is 0.294. The number of nitrogens with one attached hydrogen (secondary N) is 2. The van der Waals surface area contributed by atoms with Crippen molar-refractivity contribution >= 4 is 11.8 Å². The van der Waals surface area contributed by atoms with Crippen LogP contribution in [0.25, 0.3) is 0 Å². The van der Waals surface area contributed by atoms with Crippen LogP contribution in [0.3, 0.4) is 0 Å². The second-order valence-electron chi connectivity index (χ2n) is 5.57. The van der Waals surface area contributed by atoms with Gasteiger partial charge in [0.05, 0.1) is 24.1 Å². The molecule has 1 aliphatic rings. The number of carbonyl (C=O) groups excluding carboxylic acids is 2. The molecule has 6 nitrogen and oxygen atoms in total. The lowest BCUT2D eigenvalue weighted by Crippen LogP contribution is -2.29. The third-order valence-corrected chi connectivity index (χ3v) is 3.82. The molecule has 0 spiro atoms. The first kappa shape index (κ1) is 15.1. The smallest absolute Gasteiger partial charge is 0.224 e. The molecule has 2 heterocycles. The zero-order valence-corrected chi connectivity index (χ0v) is 12.6. The zero-order chi connectivity index (χ0) is 16.1. The highest BCUT2D eigenvalue weighted by Crippen LogP contribution is 2.38. The summed E-state index contributed by atoms with van der Waals surface area (Å²) in [5, 5.41) is 5.68. The van der Waals surface area contributed by atoms with Crippen molar-refractivity contribution in [1.82, 2.24) is 20.6 Å². The maximum Gasteiger partial charge on any atom is 0.224 e. The van der Waals surface area contributed by atoms with Crippen LogP contribution >= 0.6 is 0 Å². The normalized spacial score (nSPS) is 19.0. The third-order valence-electron chi connectivity index (χ3n) is 3.82. The number of hydrogen-bond acceptors (Lipinski definition) is 4. The summed E-state index contributed by atoms with van der Waals surface area (Å²) in [5.41, 5.74) is 1.75. The summed E-state index contributed by atoms with van der Waals surface area (Å²) in [7, 11) is 0. The van der Waals surface area contributed by atoms with E-state index < -0.39 is 0 Å². The molecule has 0 aromatic carbocycles. The second kappa shape index (κ2) is 7.00. The lowest BCUT2D eigenvalue weighted by atomic mass is 10.2. The van der Waals surface area contributed by atoms with Crippen molar-refractivity contribution in [1.29, 1.82) is 0 Å². The van der Waals surface area contributed by atoms with Gasteiger partial charge in [-0.2, -0.15) is 0 Å². The van der Waals surface area contributed by atoms with Gasteiger partial charge in [-0.3, -0.25) is 19.6 Å². The fourth-order valence-electron chi connectivity index (χ4n) is 2.41. The monoisotopic (exact) mass is 310 g/mol. The molecule has 2 aromatic heterocycles. The Balaban J connectivity index is 1.41. The molecule has 0 saturated heterocycles. The van der Waals surface area contributed by atoms with Gasteiger partial charge in [0.1, 0.15) is 0 Å². The molecule has 0 bridgehead atoms. The fourth-order valence-corrected chi connectivity index (χ4v) is 2.41. The first-order valence-corrected chi connectivity index (χ1v) is 7.58. The Morgan fingerprint density at radius 3 is 2.43 bits per heavy atom. The molecule has 1 saturated carbocycles. The van der Waals surface area contributed by atoms with E-state index in [9.17, 15) is 9.59 Å². The van der Waals surface area contributed by atoms with Gasteiger partial charge in [0.25, 0.3) is 0 Å². The van der Waals surface area contributed by atoms with E-state index >= 15 is 0 Å². The van der Waals surface area contributed by atoms with Gasteiger partial charge < -0.3 is 10.6 Å². The predicted molar refractivity (Wildman–Crippen MR) is 83.8 cm³/mol. The lowest BCUT2D eigenvalue weighted by molar-refractivity contribution is -0.127. The summed E-state index contributed by atoms with van der Waals surface area (Å²) in [4.78, 5) is 32.2. The quantitative estimate of drug-likeness (QED) is 0.835. The highest BCUT2D eigenvalue weighted by Gasteiger charge is 2.47. The predicted octanol–water partition coefficient (Wildman–Crippen LogP) is 1.05. The van der Waals surface area contributed by atoms with Gasteiger partial charge >= 0.3 is 0 Å². The zero-order valence-electron chi connectivity index (χ0n) is 12.6. The van der Waals surface area contributed by atoms with E-state index in [0.717, 1.165) is 11.3 Å². The summed E-state index contributed by atoms with van der Waals surface area (Å²) in [5.74, 6) is -0.618. The Kier molecular flexibility index (Phi) is 4.61. The summed E-state index contributed by atoms with van der Waals surface area (Å²) in [6.45, 7) is 0.825. The van der Waals surface area contributed by atoms with E-state index in [4.69, 9.17) is 0 Å². The molecule has 1 fully saturated rings. The number of rotatable bonds is 6.